The monoisotopic (exact) mass is 356 g/mol. The molecular weight excluding hydrogens is 332 g/mol. The standard InChI is InChI=1S/C18H24N6O2/c1-14(25)23-9-11-24(12-10-23)17-13-20-22-18(21-17)19-8-7-15-5-3-4-6-16(15)26-2/h3-6,13H,7-12H2,1-2H3,(H,19,21,22). The van der Waals surface area contributed by atoms with E-state index in [4.69, 9.17) is 4.74 Å². The van der Waals surface area contributed by atoms with Crippen LogP contribution in [0.1, 0.15) is 12.5 Å². The fourth-order valence-electron chi connectivity index (χ4n) is 2.99. The van der Waals surface area contributed by atoms with Gasteiger partial charge >= 0.3 is 0 Å². The molecule has 1 amide bonds. The molecule has 1 aliphatic heterocycles. The summed E-state index contributed by atoms with van der Waals surface area (Å²) in [5.74, 6) is 2.28. The molecule has 8 heteroatoms. The molecule has 1 aliphatic rings. The van der Waals surface area contributed by atoms with Gasteiger partial charge in [-0.2, -0.15) is 10.1 Å². The Bertz CT molecular complexity index is 746. The molecule has 0 unspecified atom stereocenters. The van der Waals surface area contributed by atoms with Gasteiger partial charge in [-0.25, -0.2) is 0 Å². The second-order valence-electron chi connectivity index (χ2n) is 6.12. The summed E-state index contributed by atoms with van der Waals surface area (Å²) in [6.45, 7) is 5.19. The summed E-state index contributed by atoms with van der Waals surface area (Å²) in [4.78, 5) is 19.9. The summed E-state index contributed by atoms with van der Waals surface area (Å²) in [6.07, 6.45) is 2.46. The fourth-order valence-corrected chi connectivity index (χ4v) is 2.99. The predicted octanol–water partition coefficient (Wildman–Crippen LogP) is 1.20. The number of nitrogens with zero attached hydrogens (tertiary/aromatic N) is 5. The number of aromatic nitrogens is 3. The largest absolute Gasteiger partial charge is 0.496 e. The van der Waals surface area contributed by atoms with E-state index in [0.717, 1.165) is 36.6 Å². The maximum Gasteiger partial charge on any atom is 0.244 e. The maximum atomic E-state index is 11.4. The Hall–Kier alpha value is -2.90. The third-order valence-electron chi connectivity index (χ3n) is 4.47. The molecule has 0 bridgehead atoms. The van der Waals surface area contributed by atoms with Gasteiger partial charge in [0.05, 0.1) is 13.3 Å². The first kappa shape index (κ1) is 17.9. The van der Waals surface area contributed by atoms with Crippen LogP contribution in [0.3, 0.4) is 0 Å². The van der Waals surface area contributed by atoms with Crippen molar-refractivity contribution in [2.24, 2.45) is 0 Å². The molecule has 0 spiro atoms. The van der Waals surface area contributed by atoms with E-state index in [1.807, 2.05) is 29.2 Å². The van der Waals surface area contributed by atoms with E-state index < -0.39 is 0 Å². The molecule has 8 nitrogen and oxygen atoms in total. The maximum absolute atomic E-state index is 11.4. The van der Waals surface area contributed by atoms with Crippen molar-refractivity contribution in [2.45, 2.75) is 13.3 Å². The highest BCUT2D eigenvalue weighted by Crippen LogP contribution is 2.18. The molecule has 1 fully saturated rings. The Morgan fingerprint density at radius 2 is 2.00 bits per heavy atom. The van der Waals surface area contributed by atoms with E-state index in [0.29, 0.717) is 25.6 Å². The molecule has 0 atom stereocenters. The van der Waals surface area contributed by atoms with E-state index in [1.54, 1.807) is 20.2 Å². The summed E-state index contributed by atoms with van der Waals surface area (Å²) in [6, 6.07) is 7.95. The lowest BCUT2D eigenvalue weighted by Crippen LogP contribution is -2.48. The van der Waals surface area contributed by atoms with Crippen molar-refractivity contribution in [1.29, 1.82) is 0 Å². The minimum absolute atomic E-state index is 0.115. The zero-order valence-electron chi connectivity index (χ0n) is 15.2. The smallest absolute Gasteiger partial charge is 0.244 e. The normalized spacial score (nSPS) is 14.2. The van der Waals surface area contributed by atoms with Crippen molar-refractivity contribution in [1.82, 2.24) is 20.1 Å². The van der Waals surface area contributed by atoms with Crippen molar-refractivity contribution in [3.63, 3.8) is 0 Å². The molecule has 0 saturated carbocycles. The van der Waals surface area contributed by atoms with Crippen LogP contribution in [0.25, 0.3) is 0 Å². The van der Waals surface area contributed by atoms with E-state index >= 15 is 0 Å². The Kier molecular flexibility index (Phi) is 5.83. The van der Waals surface area contributed by atoms with E-state index in [2.05, 4.69) is 25.4 Å². The van der Waals surface area contributed by atoms with Crippen molar-refractivity contribution in [3.8, 4) is 5.75 Å². The molecule has 1 aromatic heterocycles. The summed E-state index contributed by atoms with van der Waals surface area (Å²) in [5, 5.41) is 11.3. The number of hydrogen-bond acceptors (Lipinski definition) is 7. The molecule has 2 aromatic rings. The first-order valence-electron chi connectivity index (χ1n) is 8.73. The third-order valence-corrected chi connectivity index (χ3v) is 4.47. The average molecular weight is 356 g/mol. The van der Waals surface area contributed by atoms with Gasteiger partial charge in [0.1, 0.15) is 5.75 Å². The van der Waals surface area contributed by atoms with Gasteiger partial charge < -0.3 is 19.9 Å². The van der Waals surface area contributed by atoms with Gasteiger partial charge in [-0.05, 0) is 18.1 Å². The van der Waals surface area contributed by atoms with Gasteiger partial charge in [-0.15, -0.1) is 5.10 Å². The number of hydrogen-bond donors (Lipinski definition) is 1. The van der Waals surface area contributed by atoms with E-state index in [-0.39, 0.29) is 5.91 Å². The van der Waals surface area contributed by atoms with Gasteiger partial charge in [-0.3, -0.25) is 4.79 Å². The molecule has 26 heavy (non-hydrogen) atoms. The van der Waals surface area contributed by atoms with Crippen LogP contribution < -0.4 is 15.0 Å². The van der Waals surface area contributed by atoms with Crippen LogP contribution in [-0.2, 0) is 11.2 Å². The number of carbonyl (C=O) groups excluding carboxylic acids is 1. The van der Waals surface area contributed by atoms with Crippen molar-refractivity contribution >= 4 is 17.7 Å². The summed E-state index contributed by atoms with van der Waals surface area (Å²) in [7, 11) is 1.68. The topological polar surface area (TPSA) is 83.5 Å². The Morgan fingerprint density at radius 1 is 1.23 bits per heavy atom. The quantitative estimate of drug-likeness (QED) is 0.833. The number of benzene rings is 1. The van der Waals surface area contributed by atoms with Crippen LogP contribution in [0.2, 0.25) is 0 Å². The molecular formula is C18H24N6O2. The highest BCUT2D eigenvalue weighted by Gasteiger charge is 2.20. The average Bonchev–Trinajstić information content (AvgIpc) is 2.68. The Morgan fingerprint density at radius 3 is 2.73 bits per heavy atom. The van der Waals surface area contributed by atoms with Crippen molar-refractivity contribution in [3.05, 3.63) is 36.0 Å². The van der Waals surface area contributed by atoms with Gasteiger partial charge in [0.2, 0.25) is 11.9 Å². The summed E-state index contributed by atoms with van der Waals surface area (Å²) >= 11 is 0. The summed E-state index contributed by atoms with van der Waals surface area (Å²) in [5.41, 5.74) is 1.13. The second kappa shape index (κ2) is 8.46. The number of anilines is 2. The molecule has 0 radical (unpaired) electrons. The van der Waals surface area contributed by atoms with Crippen molar-refractivity contribution in [2.75, 3.05) is 50.1 Å². The minimum atomic E-state index is 0.115. The number of piperazine rings is 1. The zero-order chi connectivity index (χ0) is 18.4. The number of rotatable bonds is 6. The van der Waals surface area contributed by atoms with Crippen LogP contribution in [0.4, 0.5) is 11.8 Å². The Labute approximate surface area is 153 Å². The lowest BCUT2D eigenvalue weighted by molar-refractivity contribution is -0.129. The highest BCUT2D eigenvalue weighted by atomic mass is 16.5. The van der Waals surface area contributed by atoms with Crippen LogP contribution in [-0.4, -0.2) is 65.8 Å². The number of nitrogens with one attached hydrogen (secondary N) is 1. The van der Waals surface area contributed by atoms with Crippen LogP contribution in [0, 0.1) is 0 Å². The zero-order valence-corrected chi connectivity index (χ0v) is 15.2. The number of methoxy groups -OCH3 is 1. The molecule has 1 aromatic carbocycles. The predicted molar refractivity (Wildman–Crippen MR) is 99.5 cm³/mol. The number of amides is 1. The molecule has 1 saturated heterocycles. The van der Waals surface area contributed by atoms with Crippen LogP contribution >= 0.6 is 0 Å². The van der Waals surface area contributed by atoms with Gasteiger partial charge in [-0.1, -0.05) is 18.2 Å². The van der Waals surface area contributed by atoms with E-state index in [9.17, 15) is 4.79 Å². The second-order valence-corrected chi connectivity index (χ2v) is 6.12. The lowest BCUT2D eigenvalue weighted by Gasteiger charge is -2.34. The van der Waals surface area contributed by atoms with Gasteiger partial charge in [0.15, 0.2) is 5.82 Å². The van der Waals surface area contributed by atoms with Crippen LogP contribution in [0.5, 0.6) is 5.75 Å². The Balaban J connectivity index is 1.55. The summed E-state index contributed by atoms with van der Waals surface area (Å²) < 4.78 is 5.37. The van der Waals surface area contributed by atoms with Gasteiger partial charge in [0.25, 0.3) is 0 Å². The molecule has 0 aliphatic carbocycles. The third kappa shape index (κ3) is 4.38. The highest BCUT2D eigenvalue weighted by molar-refractivity contribution is 5.73. The number of ether oxygens (including phenoxy) is 1. The number of para-hydroxylation sites is 1. The SMILES string of the molecule is COc1ccccc1CCNc1nncc(N2CCN(C(C)=O)CC2)n1. The van der Waals surface area contributed by atoms with Crippen molar-refractivity contribution < 1.29 is 9.53 Å². The molecule has 138 valence electrons. The minimum Gasteiger partial charge on any atom is -0.496 e. The van der Waals surface area contributed by atoms with Crippen LogP contribution in [0.15, 0.2) is 30.5 Å². The fraction of sp³-hybridized carbons (Fsp3) is 0.444. The molecule has 3 rings (SSSR count). The first-order valence-corrected chi connectivity index (χ1v) is 8.73. The lowest BCUT2D eigenvalue weighted by atomic mass is 10.1. The molecule has 2 heterocycles. The van der Waals surface area contributed by atoms with E-state index in [1.165, 1.54) is 0 Å². The van der Waals surface area contributed by atoms with Gasteiger partial charge in [0, 0.05) is 39.6 Å². The first-order chi connectivity index (χ1) is 12.7. The number of carbonyl (C=O) groups is 1. The molecule has 1 N–H and O–H groups in total.